The van der Waals surface area contributed by atoms with E-state index < -0.39 is 0 Å². The molecule has 16 heavy (non-hydrogen) atoms. The number of nitrogens with one attached hydrogen (secondary N) is 2. The van der Waals surface area contributed by atoms with Gasteiger partial charge in [-0.05, 0) is 32.7 Å². The summed E-state index contributed by atoms with van der Waals surface area (Å²) in [5, 5.41) is 6.38. The molecule has 0 radical (unpaired) electrons. The summed E-state index contributed by atoms with van der Waals surface area (Å²) in [6.07, 6.45) is 1.47. The number of piperidine rings is 1. The van der Waals surface area contributed by atoms with Crippen LogP contribution in [0.1, 0.15) is 33.6 Å². The molecule has 0 aromatic carbocycles. The van der Waals surface area contributed by atoms with E-state index in [2.05, 4.69) is 17.6 Å². The minimum absolute atomic E-state index is 0.0766. The summed E-state index contributed by atoms with van der Waals surface area (Å²) >= 11 is 0. The van der Waals surface area contributed by atoms with Crippen LogP contribution in [-0.2, 0) is 9.53 Å². The minimum atomic E-state index is -0.377. The lowest BCUT2D eigenvalue weighted by Crippen LogP contribution is -2.49. The van der Waals surface area contributed by atoms with Crippen molar-refractivity contribution in [2.45, 2.75) is 45.3 Å². The Kier molecular flexibility index (Phi) is 4.74. The summed E-state index contributed by atoms with van der Waals surface area (Å²) in [5.74, 6) is 0.710. The molecule has 1 amide bonds. The maximum Gasteiger partial charge on any atom is 0.223 e. The van der Waals surface area contributed by atoms with Crippen LogP contribution in [0.2, 0.25) is 0 Å². The van der Waals surface area contributed by atoms with Gasteiger partial charge in [0.25, 0.3) is 0 Å². The third kappa shape index (κ3) is 4.49. The monoisotopic (exact) mass is 228 g/mol. The van der Waals surface area contributed by atoms with Crippen LogP contribution in [0.5, 0.6) is 0 Å². The predicted octanol–water partition coefficient (Wildman–Crippen LogP) is 0.916. The lowest BCUT2D eigenvalue weighted by atomic mass is 9.97. The van der Waals surface area contributed by atoms with Crippen molar-refractivity contribution in [3.63, 3.8) is 0 Å². The van der Waals surface area contributed by atoms with E-state index in [1.165, 1.54) is 0 Å². The van der Waals surface area contributed by atoms with Crippen molar-refractivity contribution in [2.75, 3.05) is 20.2 Å². The molecule has 1 heterocycles. The van der Waals surface area contributed by atoms with Gasteiger partial charge in [0.1, 0.15) is 0 Å². The van der Waals surface area contributed by atoms with Crippen LogP contribution < -0.4 is 10.6 Å². The number of hydrogen-bond acceptors (Lipinski definition) is 3. The lowest BCUT2D eigenvalue weighted by Gasteiger charge is -2.30. The topological polar surface area (TPSA) is 50.4 Å². The average molecular weight is 228 g/mol. The molecule has 1 aliphatic rings. The van der Waals surface area contributed by atoms with Crippen LogP contribution >= 0.6 is 0 Å². The fourth-order valence-corrected chi connectivity index (χ4v) is 2.00. The Bertz CT molecular complexity index is 241. The molecule has 0 saturated carbocycles. The first-order valence-corrected chi connectivity index (χ1v) is 5.98. The Morgan fingerprint density at radius 1 is 1.50 bits per heavy atom. The molecule has 0 aliphatic carbocycles. The summed E-state index contributed by atoms with van der Waals surface area (Å²) in [4.78, 5) is 11.8. The molecule has 2 N–H and O–H groups in total. The van der Waals surface area contributed by atoms with Crippen molar-refractivity contribution in [2.24, 2.45) is 5.92 Å². The van der Waals surface area contributed by atoms with Crippen LogP contribution in [0.3, 0.4) is 0 Å². The molecule has 0 aromatic rings. The van der Waals surface area contributed by atoms with E-state index in [1.54, 1.807) is 7.11 Å². The molecule has 2 atom stereocenters. The maximum absolute atomic E-state index is 11.8. The molecular weight excluding hydrogens is 204 g/mol. The molecule has 1 rings (SSSR count). The first-order valence-electron chi connectivity index (χ1n) is 5.98. The van der Waals surface area contributed by atoms with Crippen molar-refractivity contribution < 1.29 is 9.53 Å². The number of hydrogen-bond donors (Lipinski definition) is 2. The Hall–Kier alpha value is -0.610. The number of methoxy groups -OCH3 is 1. The Morgan fingerprint density at radius 3 is 2.75 bits per heavy atom. The third-order valence-corrected chi connectivity index (χ3v) is 3.07. The fraction of sp³-hybridized carbons (Fsp3) is 0.917. The van der Waals surface area contributed by atoms with Gasteiger partial charge in [-0.1, -0.05) is 6.92 Å². The van der Waals surface area contributed by atoms with E-state index in [0.717, 1.165) is 19.5 Å². The third-order valence-electron chi connectivity index (χ3n) is 3.07. The first-order chi connectivity index (χ1) is 7.43. The molecule has 0 spiro atoms. The van der Waals surface area contributed by atoms with Crippen LogP contribution in [0.15, 0.2) is 0 Å². The number of amides is 1. The van der Waals surface area contributed by atoms with Gasteiger partial charge in [-0.2, -0.15) is 0 Å². The Balaban J connectivity index is 2.33. The fourth-order valence-electron chi connectivity index (χ4n) is 2.00. The molecule has 1 aliphatic heterocycles. The van der Waals surface area contributed by atoms with Crippen molar-refractivity contribution in [1.29, 1.82) is 0 Å². The second-order valence-electron chi connectivity index (χ2n) is 5.40. The molecular formula is C12H24N2O2. The van der Waals surface area contributed by atoms with Crippen molar-refractivity contribution in [1.82, 2.24) is 10.6 Å². The second kappa shape index (κ2) is 5.64. The van der Waals surface area contributed by atoms with Crippen molar-refractivity contribution in [3.05, 3.63) is 0 Å². The highest BCUT2D eigenvalue weighted by atomic mass is 16.5. The van der Waals surface area contributed by atoms with Gasteiger partial charge in [-0.3, -0.25) is 4.79 Å². The minimum Gasteiger partial charge on any atom is -0.378 e. The van der Waals surface area contributed by atoms with Crippen LogP contribution in [0.4, 0.5) is 0 Å². The molecule has 1 saturated heterocycles. The normalized spacial score (nSPS) is 26.5. The molecule has 94 valence electrons. The van der Waals surface area contributed by atoms with Gasteiger partial charge in [0.2, 0.25) is 5.91 Å². The SMILES string of the molecule is COC(C)(C)CC(=O)NC1CNCC(C)C1. The highest BCUT2D eigenvalue weighted by Gasteiger charge is 2.24. The smallest absolute Gasteiger partial charge is 0.223 e. The van der Waals surface area contributed by atoms with E-state index in [9.17, 15) is 4.79 Å². The van der Waals surface area contributed by atoms with Crippen LogP contribution in [0, 0.1) is 5.92 Å². The standard InChI is InChI=1S/C12H24N2O2/c1-9-5-10(8-13-7-9)14-11(15)6-12(2,3)16-4/h9-10,13H,5-8H2,1-4H3,(H,14,15). The Morgan fingerprint density at radius 2 is 2.19 bits per heavy atom. The van der Waals surface area contributed by atoms with Crippen LogP contribution in [0.25, 0.3) is 0 Å². The predicted molar refractivity (Wildman–Crippen MR) is 64.3 cm³/mol. The van der Waals surface area contributed by atoms with E-state index in [-0.39, 0.29) is 17.6 Å². The maximum atomic E-state index is 11.8. The number of carbonyl (C=O) groups is 1. The zero-order valence-corrected chi connectivity index (χ0v) is 10.8. The summed E-state index contributed by atoms with van der Waals surface area (Å²) in [7, 11) is 1.64. The van der Waals surface area contributed by atoms with Gasteiger partial charge in [-0.15, -0.1) is 0 Å². The van der Waals surface area contributed by atoms with E-state index in [1.807, 2.05) is 13.8 Å². The summed E-state index contributed by atoms with van der Waals surface area (Å²) in [6, 6.07) is 0.268. The largest absolute Gasteiger partial charge is 0.378 e. The lowest BCUT2D eigenvalue weighted by molar-refractivity contribution is -0.127. The van der Waals surface area contributed by atoms with Gasteiger partial charge in [0.05, 0.1) is 12.0 Å². The molecule has 0 bridgehead atoms. The van der Waals surface area contributed by atoms with Gasteiger partial charge in [-0.25, -0.2) is 0 Å². The molecule has 4 nitrogen and oxygen atoms in total. The molecule has 2 unspecified atom stereocenters. The van der Waals surface area contributed by atoms with E-state index >= 15 is 0 Å². The van der Waals surface area contributed by atoms with Crippen LogP contribution in [-0.4, -0.2) is 37.7 Å². The van der Waals surface area contributed by atoms with Gasteiger partial charge >= 0.3 is 0 Å². The summed E-state index contributed by atoms with van der Waals surface area (Å²) < 4.78 is 5.24. The van der Waals surface area contributed by atoms with Crippen molar-refractivity contribution in [3.8, 4) is 0 Å². The first kappa shape index (κ1) is 13.5. The Labute approximate surface area is 98.1 Å². The quantitative estimate of drug-likeness (QED) is 0.752. The average Bonchev–Trinajstić information content (AvgIpc) is 2.16. The van der Waals surface area contributed by atoms with Gasteiger partial charge in [0.15, 0.2) is 0 Å². The second-order valence-corrected chi connectivity index (χ2v) is 5.40. The zero-order valence-electron chi connectivity index (χ0n) is 10.8. The highest BCUT2D eigenvalue weighted by Crippen LogP contribution is 2.14. The number of rotatable bonds is 4. The molecule has 0 aromatic heterocycles. The van der Waals surface area contributed by atoms with Crippen molar-refractivity contribution >= 4 is 5.91 Å². The van der Waals surface area contributed by atoms with E-state index in [4.69, 9.17) is 4.74 Å². The number of carbonyl (C=O) groups excluding carboxylic acids is 1. The summed E-state index contributed by atoms with van der Waals surface area (Å²) in [6.45, 7) is 7.98. The highest BCUT2D eigenvalue weighted by molar-refractivity contribution is 5.77. The zero-order chi connectivity index (χ0) is 12.2. The molecule has 1 fully saturated rings. The van der Waals surface area contributed by atoms with E-state index in [0.29, 0.717) is 12.3 Å². The number of ether oxygens (including phenoxy) is 1. The summed E-state index contributed by atoms with van der Waals surface area (Å²) in [5.41, 5.74) is -0.377. The van der Waals surface area contributed by atoms with Gasteiger partial charge < -0.3 is 15.4 Å². The van der Waals surface area contributed by atoms with Gasteiger partial charge in [0, 0.05) is 19.7 Å². The molecule has 4 heteroatoms.